The lowest BCUT2D eigenvalue weighted by Crippen LogP contribution is -2.51. The highest BCUT2D eigenvalue weighted by Crippen LogP contribution is 2.27. The minimum Gasteiger partial charge on any atom is -0.371 e. The van der Waals surface area contributed by atoms with E-state index in [1.165, 1.54) is 0 Å². The lowest BCUT2D eigenvalue weighted by atomic mass is 10.0. The molecule has 0 amide bonds. The van der Waals surface area contributed by atoms with Gasteiger partial charge in [0.1, 0.15) is 6.10 Å². The lowest BCUT2D eigenvalue weighted by molar-refractivity contribution is -0.249. The van der Waals surface area contributed by atoms with Gasteiger partial charge in [-0.2, -0.15) is 0 Å². The number of aliphatic hydroxyl groups is 1. The summed E-state index contributed by atoms with van der Waals surface area (Å²) in [5.74, 6) is 0. The quantitative estimate of drug-likeness (QED) is 0.512. The average molecular weight is 454 g/mol. The van der Waals surface area contributed by atoms with Crippen LogP contribution in [0.3, 0.4) is 0 Å². The number of rotatable bonds is 7. The largest absolute Gasteiger partial charge is 0.371 e. The number of halogens is 1. The Labute approximate surface area is 162 Å². The highest BCUT2D eigenvalue weighted by molar-refractivity contribution is 14.1. The molecule has 0 spiro atoms. The number of alkyl halides is 1. The highest BCUT2D eigenvalue weighted by atomic mass is 127. The number of hydrogen-bond acceptors (Lipinski definition) is 4. The molecule has 134 valence electrons. The van der Waals surface area contributed by atoms with Crippen molar-refractivity contribution < 1.29 is 19.3 Å². The average Bonchev–Trinajstić information content (AvgIpc) is 2.66. The van der Waals surface area contributed by atoms with Crippen LogP contribution in [0, 0.1) is 0 Å². The van der Waals surface area contributed by atoms with Gasteiger partial charge in [0.25, 0.3) is 0 Å². The van der Waals surface area contributed by atoms with E-state index in [1.807, 2.05) is 60.7 Å². The molecule has 2 aromatic carbocycles. The van der Waals surface area contributed by atoms with Crippen molar-refractivity contribution in [2.24, 2.45) is 0 Å². The molecule has 1 saturated heterocycles. The SMILES string of the molecule is OC1CC(OCc2ccccc2)C(OCc2ccccc2)C(CI)O1. The normalized spacial score (nSPS) is 26.5. The summed E-state index contributed by atoms with van der Waals surface area (Å²) in [7, 11) is 0. The maximum absolute atomic E-state index is 10.0. The molecular formula is C20H23IO4. The fraction of sp³-hybridized carbons (Fsp3) is 0.400. The molecule has 2 aromatic rings. The van der Waals surface area contributed by atoms with E-state index in [2.05, 4.69) is 22.6 Å². The van der Waals surface area contributed by atoms with Gasteiger partial charge < -0.3 is 19.3 Å². The van der Waals surface area contributed by atoms with Gasteiger partial charge in [0.15, 0.2) is 6.29 Å². The first-order valence-corrected chi connectivity index (χ1v) is 9.99. The Kier molecular flexibility index (Phi) is 7.24. The molecule has 4 nitrogen and oxygen atoms in total. The lowest BCUT2D eigenvalue weighted by Gasteiger charge is -2.39. The Hall–Kier alpha value is -0.990. The molecule has 1 aliphatic rings. The summed E-state index contributed by atoms with van der Waals surface area (Å²) in [6.07, 6.45) is -0.984. The van der Waals surface area contributed by atoms with Crippen LogP contribution in [0.4, 0.5) is 0 Å². The molecule has 1 aliphatic heterocycles. The predicted molar refractivity (Wildman–Crippen MR) is 104 cm³/mol. The van der Waals surface area contributed by atoms with Gasteiger partial charge in [0.2, 0.25) is 0 Å². The summed E-state index contributed by atoms with van der Waals surface area (Å²) in [5.41, 5.74) is 2.22. The third kappa shape index (κ3) is 5.49. The Morgan fingerprint density at radius 1 is 0.920 bits per heavy atom. The smallest absolute Gasteiger partial charge is 0.157 e. The van der Waals surface area contributed by atoms with Crippen LogP contribution < -0.4 is 0 Å². The van der Waals surface area contributed by atoms with Crippen LogP contribution >= 0.6 is 22.6 Å². The number of benzene rings is 2. The van der Waals surface area contributed by atoms with E-state index >= 15 is 0 Å². The highest BCUT2D eigenvalue weighted by Gasteiger charge is 2.39. The van der Waals surface area contributed by atoms with Crippen LogP contribution in [0.1, 0.15) is 17.5 Å². The van der Waals surface area contributed by atoms with Gasteiger partial charge >= 0.3 is 0 Å². The van der Waals surface area contributed by atoms with Gasteiger partial charge in [-0.1, -0.05) is 83.3 Å². The van der Waals surface area contributed by atoms with Crippen molar-refractivity contribution in [1.29, 1.82) is 0 Å². The fourth-order valence-electron chi connectivity index (χ4n) is 2.95. The van der Waals surface area contributed by atoms with E-state index in [0.29, 0.717) is 19.6 Å². The zero-order valence-electron chi connectivity index (χ0n) is 14.0. The third-order valence-corrected chi connectivity index (χ3v) is 5.11. The molecule has 4 atom stereocenters. The molecule has 5 heteroatoms. The molecule has 1 heterocycles. The van der Waals surface area contributed by atoms with Crippen LogP contribution in [0.5, 0.6) is 0 Å². The number of hydrogen-bond donors (Lipinski definition) is 1. The van der Waals surface area contributed by atoms with Crippen molar-refractivity contribution in [2.45, 2.75) is 44.2 Å². The Balaban J connectivity index is 1.65. The van der Waals surface area contributed by atoms with Crippen molar-refractivity contribution in [1.82, 2.24) is 0 Å². The summed E-state index contributed by atoms with van der Waals surface area (Å²) in [6, 6.07) is 20.1. The first-order chi connectivity index (χ1) is 12.3. The van der Waals surface area contributed by atoms with Crippen molar-refractivity contribution in [3.05, 3.63) is 71.8 Å². The van der Waals surface area contributed by atoms with Gasteiger partial charge in [-0.3, -0.25) is 0 Å². The topological polar surface area (TPSA) is 47.9 Å². The van der Waals surface area contributed by atoms with E-state index in [0.717, 1.165) is 15.6 Å². The van der Waals surface area contributed by atoms with Gasteiger partial charge in [-0.05, 0) is 11.1 Å². The standard InChI is InChI=1S/C20H23IO4/c21-12-18-20(24-14-16-9-5-2-6-10-16)17(11-19(22)25-18)23-13-15-7-3-1-4-8-15/h1-10,17-20,22H,11-14H2. The third-order valence-electron chi connectivity index (χ3n) is 4.24. The first kappa shape index (κ1) is 18.8. The minimum absolute atomic E-state index is 0.186. The predicted octanol–water partition coefficient (Wildman–Crippen LogP) is 3.70. The Morgan fingerprint density at radius 2 is 1.48 bits per heavy atom. The molecule has 0 radical (unpaired) electrons. The fourth-order valence-corrected chi connectivity index (χ4v) is 3.66. The molecule has 1 N–H and O–H groups in total. The first-order valence-electron chi connectivity index (χ1n) is 8.47. The van der Waals surface area contributed by atoms with Crippen LogP contribution in [0.2, 0.25) is 0 Å². The molecule has 0 aromatic heterocycles. The van der Waals surface area contributed by atoms with Gasteiger partial charge in [-0.25, -0.2) is 0 Å². The second kappa shape index (κ2) is 9.64. The van der Waals surface area contributed by atoms with Crippen LogP contribution in [0.25, 0.3) is 0 Å². The maximum atomic E-state index is 10.0. The van der Waals surface area contributed by atoms with E-state index < -0.39 is 6.29 Å². The molecule has 0 aliphatic carbocycles. The molecule has 4 unspecified atom stereocenters. The second-order valence-corrected chi connectivity index (χ2v) is 7.00. The maximum Gasteiger partial charge on any atom is 0.157 e. The minimum atomic E-state index is -0.808. The summed E-state index contributed by atoms with van der Waals surface area (Å²) < 4.78 is 18.7. The molecule has 0 bridgehead atoms. The second-order valence-electron chi connectivity index (χ2n) is 6.12. The summed E-state index contributed by atoms with van der Waals surface area (Å²) >= 11 is 2.26. The van der Waals surface area contributed by atoms with Crippen molar-refractivity contribution in [3.8, 4) is 0 Å². The summed E-state index contributed by atoms with van der Waals surface area (Å²) in [6.45, 7) is 1.00. The summed E-state index contributed by atoms with van der Waals surface area (Å²) in [4.78, 5) is 0. The van der Waals surface area contributed by atoms with Crippen LogP contribution in [-0.2, 0) is 27.4 Å². The molecule has 1 fully saturated rings. The zero-order valence-corrected chi connectivity index (χ0v) is 16.1. The van der Waals surface area contributed by atoms with E-state index in [1.54, 1.807) is 0 Å². The van der Waals surface area contributed by atoms with Crippen molar-refractivity contribution in [3.63, 3.8) is 0 Å². The molecule has 25 heavy (non-hydrogen) atoms. The Bertz CT molecular complexity index is 622. The monoisotopic (exact) mass is 454 g/mol. The molecule has 3 rings (SSSR count). The van der Waals surface area contributed by atoms with E-state index in [9.17, 15) is 5.11 Å². The zero-order chi connectivity index (χ0) is 17.5. The number of aliphatic hydroxyl groups excluding tert-OH is 1. The van der Waals surface area contributed by atoms with E-state index in [4.69, 9.17) is 14.2 Å². The number of ether oxygens (including phenoxy) is 3. The Morgan fingerprint density at radius 3 is 2.04 bits per heavy atom. The van der Waals surface area contributed by atoms with Gasteiger partial charge in [0.05, 0.1) is 25.4 Å². The van der Waals surface area contributed by atoms with Crippen LogP contribution in [-0.4, -0.2) is 34.1 Å². The van der Waals surface area contributed by atoms with Gasteiger partial charge in [-0.15, -0.1) is 0 Å². The van der Waals surface area contributed by atoms with Gasteiger partial charge in [0, 0.05) is 10.8 Å². The van der Waals surface area contributed by atoms with Crippen LogP contribution in [0.15, 0.2) is 60.7 Å². The molecular weight excluding hydrogens is 431 g/mol. The van der Waals surface area contributed by atoms with E-state index in [-0.39, 0.29) is 18.3 Å². The summed E-state index contributed by atoms with van der Waals surface area (Å²) in [5, 5.41) is 10.0. The van der Waals surface area contributed by atoms with Crippen molar-refractivity contribution in [2.75, 3.05) is 4.43 Å². The molecule has 0 saturated carbocycles. The van der Waals surface area contributed by atoms with Crippen molar-refractivity contribution >= 4 is 22.6 Å².